The zero-order chi connectivity index (χ0) is 15.8. The molecular formula is C19H24O3. The van der Waals surface area contributed by atoms with Gasteiger partial charge in [-0.3, -0.25) is 9.59 Å². The molecule has 3 nitrogen and oxygen atoms in total. The molecule has 2 aliphatic carbocycles. The SMILES string of the molecule is COC1CC(C=CC/C=C/CC2C=CC(=O)CC2)C=CC1=O. The fourth-order valence-corrected chi connectivity index (χ4v) is 2.77. The van der Waals surface area contributed by atoms with Gasteiger partial charge in [-0.2, -0.15) is 0 Å². The minimum atomic E-state index is -0.295. The van der Waals surface area contributed by atoms with E-state index in [1.54, 1.807) is 19.3 Å². The maximum Gasteiger partial charge on any atom is 0.184 e. The van der Waals surface area contributed by atoms with Crippen molar-refractivity contribution >= 4 is 11.6 Å². The Labute approximate surface area is 132 Å². The molecule has 3 heteroatoms. The van der Waals surface area contributed by atoms with Crippen molar-refractivity contribution in [3.8, 4) is 0 Å². The Bertz CT molecular complexity index is 511. The van der Waals surface area contributed by atoms with Crippen LogP contribution in [0.5, 0.6) is 0 Å². The van der Waals surface area contributed by atoms with E-state index in [4.69, 9.17) is 4.74 Å². The summed E-state index contributed by atoms with van der Waals surface area (Å²) in [6.07, 6.45) is 19.9. The molecule has 0 fully saturated rings. The summed E-state index contributed by atoms with van der Waals surface area (Å²) in [5.74, 6) is 1.10. The number of hydrogen-bond donors (Lipinski definition) is 0. The lowest BCUT2D eigenvalue weighted by atomic mass is 9.92. The van der Waals surface area contributed by atoms with Crippen LogP contribution in [0.25, 0.3) is 0 Å². The van der Waals surface area contributed by atoms with Crippen LogP contribution >= 0.6 is 0 Å². The van der Waals surface area contributed by atoms with Gasteiger partial charge in [-0.1, -0.05) is 36.5 Å². The van der Waals surface area contributed by atoms with Crippen molar-refractivity contribution in [3.05, 3.63) is 48.6 Å². The average Bonchev–Trinajstić information content (AvgIpc) is 2.54. The lowest BCUT2D eigenvalue weighted by molar-refractivity contribution is -0.125. The van der Waals surface area contributed by atoms with E-state index in [9.17, 15) is 9.59 Å². The molecule has 0 amide bonds. The molecule has 0 spiro atoms. The average molecular weight is 300 g/mol. The van der Waals surface area contributed by atoms with Gasteiger partial charge in [0.2, 0.25) is 0 Å². The third kappa shape index (κ3) is 5.23. The molecule has 0 aromatic rings. The van der Waals surface area contributed by atoms with Crippen LogP contribution in [0.15, 0.2) is 48.6 Å². The van der Waals surface area contributed by atoms with Crippen LogP contribution in [-0.2, 0) is 14.3 Å². The number of ketones is 2. The van der Waals surface area contributed by atoms with Crippen LogP contribution in [0.4, 0.5) is 0 Å². The van der Waals surface area contributed by atoms with Crippen molar-refractivity contribution in [3.63, 3.8) is 0 Å². The quantitative estimate of drug-likeness (QED) is 0.704. The summed E-state index contributed by atoms with van der Waals surface area (Å²) in [6, 6.07) is 0. The normalized spacial score (nSPS) is 29.0. The molecule has 0 aliphatic heterocycles. The summed E-state index contributed by atoms with van der Waals surface area (Å²) in [7, 11) is 1.58. The Morgan fingerprint density at radius 1 is 1.18 bits per heavy atom. The third-order valence-corrected chi connectivity index (χ3v) is 4.17. The Morgan fingerprint density at radius 3 is 2.77 bits per heavy atom. The van der Waals surface area contributed by atoms with Crippen LogP contribution in [0.2, 0.25) is 0 Å². The second-order valence-electron chi connectivity index (χ2n) is 5.88. The smallest absolute Gasteiger partial charge is 0.184 e. The van der Waals surface area contributed by atoms with Gasteiger partial charge < -0.3 is 4.74 Å². The maximum absolute atomic E-state index is 11.5. The van der Waals surface area contributed by atoms with Crippen molar-refractivity contribution in [1.82, 2.24) is 0 Å². The molecule has 118 valence electrons. The Kier molecular flexibility index (Phi) is 6.53. The number of carbonyl (C=O) groups is 2. The monoisotopic (exact) mass is 300 g/mol. The molecule has 2 rings (SSSR count). The third-order valence-electron chi connectivity index (χ3n) is 4.17. The van der Waals surface area contributed by atoms with Gasteiger partial charge in [-0.25, -0.2) is 0 Å². The highest BCUT2D eigenvalue weighted by Crippen LogP contribution is 2.20. The number of hydrogen-bond acceptors (Lipinski definition) is 3. The predicted molar refractivity (Wildman–Crippen MR) is 87.4 cm³/mol. The van der Waals surface area contributed by atoms with Gasteiger partial charge in [0.25, 0.3) is 0 Å². The van der Waals surface area contributed by atoms with Gasteiger partial charge in [-0.15, -0.1) is 0 Å². The first kappa shape index (κ1) is 16.6. The van der Waals surface area contributed by atoms with Crippen LogP contribution in [-0.4, -0.2) is 24.8 Å². The van der Waals surface area contributed by atoms with Gasteiger partial charge in [0.1, 0.15) is 6.10 Å². The van der Waals surface area contributed by atoms with E-state index in [1.165, 1.54) is 0 Å². The second kappa shape index (κ2) is 8.64. The number of allylic oxidation sites excluding steroid dienone is 7. The zero-order valence-electron chi connectivity index (χ0n) is 13.1. The molecule has 0 aromatic carbocycles. The van der Waals surface area contributed by atoms with E-state index in [0.717, 1.165) is 25.7 Å². The lowest BCUT2D eigenvalue weighted by Crippen LogP contribution is -2.26. The van der Waals surface area contributed by atoms with Gasteiger partial charge in [0.05, 0.1) is 0 Å². The van der Waals surface area contributed by atoms with Crippen molar-refractivity contribution in [2.24, 2.45) is 11.8 Å². The van der Waals surface area contributed by atoms with Crippen molar-refractivity contribution < 1.29 is 14.3 Å². The number of ether oxygens (including phenoxy) is 1. The molecule has 3 unspecified atom stereocenters. The summed E-state index contributed by atoms with van der Waals surface area (Å²) in [5.41, 5.74) is 0. The summed E-state index contributed by atoms with van der Waals surface area (Å²) in [6.45, 7) is 0. The number of carbonyl (C=O) groups excluding carboxylic acids is 2. The molecule has 3 atom stereocenters. The molecule has 0 heterocycles. The Balaban J connectivity index is 1.69. The molecular weight excluding hydrogens is 276 g/mol. The Morgan fingerprint density at radius 2 is 2.05 bits per heavy atom. The highest BCUT2D eigenvalue weighted by Gasteiger charge is 2.22. The predicted octanol–water partition coefficient (Wildman–Crippen LogP) is 3.57. The van der Waals surface area contributed by atoms with E-state index in [-0.39, 0.29) is 23.6 Å². The first-order chi connectivity index (χ1) is 10.7. The fourth-order valence-electron chi connectivity index (χ4n) is 2.77. The summed E-state index contributed by atoms with van der Waals surface area (Å²) in [5, 5.41) is 0. The van der Waals surface area contributed by atoms with Crippen LogP contribution in [0.3, 0.4) is 0 Å². The topological polar surface area (TPSA) is 43.4 Å². The lowest BCUT2D eigenvalue weighted by Gasteiger charge is -2.19. The first-order valence-corrected chi connectivity index (χ1v) is 7.96. The number of methoxy groups -OCH3 is 1. The molecule has 0 saturated carbocycles. The van der Waals surface area contributed by atoms with E-state index in [0.29, 0.717) is 12.3 Å². The summed E-state index contributed by atoms with van der Waals surface area (Å²) in [4.78, 5) is 22.6. The fraction of sp³-hybridized carbons (Fsp3) is 0.474. The minimum Gasteiger partial charge on any atom is -0.373 e. The van der Waals surface area contributed by atoms with Crippen LogP contribution in [0, 0.1) is 11.8 Å². The van der Waals surface area contributed by atoms with E-state index < -0.39 is 0 Å². The second-order valence-corrected chi connectivity index (χ2v) is 5.88. The molecule has 22 heavy (non-hydrogen) atoms. The van der Waals surface area contributed by atoms with Gasteiger partial charge in [-0.05, 0) is 49.7 Å². The highest BCUT2D eigenvalue weighted by atomic mass is 16.5. The molecule has 2 aliphatic rings. The van der Waals surface area contributed by atoms with Crippen LogP contribution in [0.1, 0.15) is 32.1 Å². The number of rotatable bonds is 6. The Hall–Kier alpha value is -1.74. The van der Waals surface area contributed by atoms with Crippen LogP contribution < -0.4 is 0 Å². The summed E-state index contributed by atoms with van der Waals surface area (Å²) >= 11 is 0. The zero-order valence-corrected chi connectivity index (χ0v) is 13.1. The maximum atomic E-state index is 11.5. The van der Waals surface area contributed by atoms with Crippen molar-refractivity contribution in [2.75, 3.05) is 7.11 Å². The van der Waals surface area contributed by atoms with E-state index in [2.05, 4.69) is 24.3 Å². The van der Waals surface area contributed by atoms with Gasteiger partial charge in [0, 0.05) is 13.5 Å². The molecule has 0 N–H and O–H groups in total. The largest absolute Gasteiger partial charge is 0.373 e. The van der Waals surface area contributed by atoms with Crippen molar-refractivity contribution in [1.29, 1.82) is 0 Å². The van der Waals surface area contributed by atoms with E-state index >= 15 is 0 Å². The highest BCUT2D eigenvalue weighted by molar-refractivity contribution is 5.94. The van der Waals surface area contributed by atoms with Gasteiger partial charge in [0.15, 0.2) is 11.6 Å². The van der Waals surface area contributed by atoms with Crippen molar-refractivity contribution in [2.45, 2.75) is 38.2 Å². The summed E-state index contributed by atoms with van der Waals surface area (Å²) < 4.78 is 5.17. The standard InChI is InChI=1S/C19H24O3/c1-22-19-14-16(10-13-18(19)21)7-5-3-2-4-6-15-8-11-17(20)12-9-15/h2,4-5,7-8,10-11,13,15-16,19H,3,6,9,12,14H2,1H3/b4-2+,7-5?. The van der Waals surface area contributed by atoms with E-state index in [1.807, 2.05) is 12.2 Å². The molecule has 0 bridgehead atoms. The minimum absolute atomic E-state index is 0.0612. The van der Waals surface area contributed by atoms with Gasteiger partial charge >= 0.3 is 0 Å². The first-order valence-electron chi connectivity index (χ1n) is 7.96. The molecule has 0 radical (unpaired) electrons. The molecule has 0 aromatic heterocycles. The molecule has 0 saturated heterocycles.